The zero-order valence-corrected chi connectivity index (χ0v) is 6.89. The molecule has 0 amide bonds. The second-order valence-electron chi connectivity index (χ2n) is 2.81. The van der Waals surface area contributed by atoms with Gasteiger partial charge in [0.15, 0.2) is 0 Å². The number of hydrogen-bond donors (Lipinski definition) is 0. The van der Waals surface area contributed by atoms with Gasteiger partial charge in [0, 0.05) is 6.61 Å². The highest BCUT2D eigenvalue weighted by molar-refractivity contribution is 5.56. The van der Waals surface area contributed by atoms with Gasteiger partial charge in [-0.2, -0.15) is 0 Å². The van der Waals surface area contributed by atoms with Crippen LogP contribution in [-0.4, -0.2) is 19.0 Å². The molecule has 0 fully saturated rings. The van der Waals surface area contributed by atoms with E-state index >= 15 is 0 Å². The molecule has 0 aliphatic carbocycles. The molecule has 2 nitrogen and oxygen atoms in total. The van der Waals surface area contributed by atoms with Crippen molar-refractivity contribution in [3.63, 3.8) is 0 Å². The maximum atomic E-state index is 9.93. The van der Waals surface area contributed by atoms with Gasteiger partial charge in [-0.3, -0.25) is 4.79 Å². The second-order valence-corrected chi connectivity index (χ2v) is 2.81. The molecule has 1 atom stereocenters. The summed E-state index contributed by atoms with van der Waals surface area (Å²) in [5.41, 5.74) is 0. The van der Waals surface area contributed by atoms with Crippen molar-refractivity contribution in [2.24, 2.45) is 5.92 Å². The molecule has 0 bridgehead atoms. The van der Waals surface area contributed by atoms with Crippen molar-refractivity contribution in [1.82, 2.24) is 0 Å². The molecule has 0 aromatic carbocycles. The largest absolute Gasteiger partial charge is 0.370 e. The lowest BCUT2D eigenvalue weighted by Crippen LogP contribution is -2.11. The molecule has 0 heterocycles. The van der Waals surface area contributed by atoms with E-state index in [0.29, 0.717) is 12.5 Å². The Bertz CT molecular complexity index is 89.3. The third-order valence-electron chi connectivity index (χ3n) is 1.23. The fourth-order valence-electron chi connectivity index (χ4n) is 0.515. The fourth-order valence-corrected chi connectivity index (χ4v) is 0.515. The van der Waals surface area contributed by atoms with Crippen LogP contribution < -0.4 is 0 Å². The molecule has 59 valence electrons. The van der Waals surface area contributed by atoms with Crippen LogP contribution >= 0.6 is 0 Å². The van der Waals surface area contributed by atoms with Crippen molar-refractivity contribution >= 4 is 6.29 Å². The highest BCUT2D eigenvalue weighted by atomic mass is 16.5. The minimum atomic E-state index is -0.362. The SMILES string of the molecule is CC(C)CCOC(C)[C]=O. The summed E-state index contributed by atoms with van der Waals surface area (Å²) in [7, 11) is 0. The lowest BCUT2D eigenvalue weighted by molar-refractivity contribution is 0.0981. The van der Waals surface area contributed by atoms with E-state index in [1.165, 1.54) is 0 Å². The van der Waals surface area contributed by atoms with Crippen LogP contribution in [0, 0.1) is 5.92 Å². The highest BCUT2D eigenvalue weighted by Gasteiger charge is 2.00. The number of ether oxygens (including phenoxy) is 1. The molecule has 0 N–H and O–H groups in total. The van der Waals surface area contributed by atoms with Crippen LogP contribution in [0.5, 0.6) is 0 Å². The van der Waals surface area contributed by atoms with E-state index in [1.807, 2.05) is 0 Å². The molecule has 0 saturated heterocycles. The van der Waals surface area contributed by atoms with Gasteiger partial charge in [-0.1, -0.05) is 13.8 Å². The Morgan fingerprint density at radius 1 is 1.40 bits per heavy atom. The third kappa shape index (κ3) is 5.76. The molecule has 0 aromatic heterocycles. The molecule has 10 heavy (non-hydrogen) atoms. The average Bonchev–Trinajstić information content (AvgIpc) is 1.87. The molecule has 0 aliphatic rings. The van der Waals surface area contributed by atoms with Crippen molar-refractivity contribution in [2.75, 3.05) is 6.61 Å². The molecule has 0 spiro atoms. The molecule has 1 radical (unpaired) electrons. The van der Waals surface area contributed by atoms with E-state index in [1.54, 1.807) is 13.2 Å². The Morgan fingerprint density at radius 3 is 2.40 bits per heavy atom. The topological polar surface area (TPSA) is 26.3 Å². The van der Waals surface area contributed by atoms with Crippen LogP contribution in [0.4, 0.5) is 0 Å². The van der Waals surface area contributed by atoms with Crippen LogP contribution in [0.25, 0.3) is 0 Å². The second kappa shape index (κ2) is 5.42. The highest BCUT2D eigenvalue weighted by Crippen LogP contribution is 1.99. The summed E-state index contributed by atoms with van der Waals surface area (Å²) in [5.74, 6) is 0.638. The van der Waals surface area contributed by atoms with E-state index in [0.717, 1.165) is 6.42 Å². The Morgan fingerprint density at radius 2 is 2.00 bits per heavy atom. The standard InChI is InChI=1S/C8H15O2/c1-7(2)4-5-10-8(3)6-9/h7-8H,4-5H2,1-3H3. The van der Waals surface area contributed by atoms with Crippen LogP contribution in [0.3, 0.4) is 0 Å². The van der Waals surface area contributed by atoms with Gasteiger partial charge in [-0.05, 0) is 19.3 Å². The van der Waals surface area contributed by atoms with Gasteiger partial charge in [-0.15, -0.1) is 0 Å². The number of hydrogen-bond acceptors (Lipinski definition) is 2. The Labute approximate surface area is 62.6 Å². The Balaban J connectivity index is 3.11. The van der Waals surface area contributed by atoms with Crippen molar-refractivity contribution < 1.29 is 9.53 Å². The van der Waals surface area contributed by atoms with Gasteiger partial charge in [0.2, 0.25) is 6.29 Å². The van der Waals surface area contributed by atoms with Gasteiger partial charge >= 0.3 is 0 Å². The molecule has 0 saturated carbocycles. The number of rotatable bonds is 5. The van der Waals surface area contributed by atoms with Gasteiger partial charge in [0.05, 0.1) is 0 Å². The van der Waals surface area contributed by atoms with E-state index in [2.05, 4.69) is 13.8 Å². The van der Waals surface area contributed by atoms with Crippen molar-refractivity contribution in [3.8, 4) is 0 Å². The summed E-state index contributed by atoms with van der Waals surface area (Å²) in [6.45, 7) is 6.61. The van der Waals surface area contributed by atoms with E-state index in [4.69, 9.17) is 4.74 Å². The van der Waals surface area contributed by atoms with Crippen molar-refractivity contribution in [3.05, 3.63) is 0 Å². The Hall–Kier alpha value is -0.370. The summed E-state index contributed by atoms with van der Waals surface area (Å²) in [4.78, 5) is 9.93. The van der Waals surface area contributed by atoms with Crippen LogP contribution in [0.2, 0.25) is 0 Å². The quantitative estimate of drug-likeness (QED) is 0.583. The van der Waals surface area contributed by atoms with Crippen LogP contribution in [-0.2, 0) is 9.53 Å². The predicted octanol–water partition coefficient (Wildman–Crippen LogP) is 1.55. The van der Waals surface area contributed by atoms with Gasteiger partial charge in [0.1, 0.15) is 6.10 Å². The summed E-state index contributed by atoms with van der Waals surface area (Å²) in [6, 6.07) is 0. The molecule has 0 aliphatic heterocycles. The summed E-state index contributed by atoms with van der Waals surface area (Å²) < 4.78 is 5.08. The summed E-state index contributed by atoms with van der Waals surface area (Å²) in [5, 5.41) is 0. The lowest BCUT2D eigenvalue weighted by atomic mass is 10.1. The smallest absolute Gasteiger partial charge is 0.229 e. The minimum Gasteiger partial charge on any atom is -0.370 e. The van der Waals surface area contributed by atoms with Crippen molar-refractivity contribution in [2.45, 2.75) is 33.3 Å². The number of carbonyl (C=O) groups excluding carboxylic acids is 1. The fraction of sp³-hybridized carbons (Fsp3) is 0.875. The predicted molar refractivity (Wildman–Crippen MR) is 40.6 cm³/mol. The van der Waals surface area contributed by atoms with Gasteiger partial charge < -0.3 is 4.74 Å². The molecule has 2 heteroatoms. The van der Waals surface area contributed by atoms with Crippen LogP contribution in [0.1, 0.15) is 27.2 Å². The normalized spacial score (nSPS) is 13.6. The lowest BCUT2D eigenvalue weighted by Gasteiger charge is -2.06. The molecular formula is C8H15O2. The first-order valence-electron chi connectivity index (χ1n) is 3.66. The zero-order valence-electron chi connectivity index (χ0n) is 6.89. The molecular weight excluding hydrogens is 128 g/mol. The minimum absolute atomic E-state index is 0.362. The first-order valence-corrected chi connectivity index (χ1v) is 3.66. The van der Waals surface area contributed by atoms with Gasteiger partial charge in [-0.25, -0.2) is 0 Å². The van der Waals surface area contributed by atoms with Crippen LogP contribution in [0.15, 0.2) is 0 Å². The molecule has 0 aromatic rings. The van der Waals surface area contributed by atoms with Gasteiger partial charge in [0.25, 0.3) is 0 Å². The van der Waals surface area contributed by atoms with E-state index in [-0.39, 0.29) is 6.10 Å². The van der Waals surface area contributed by atoms with Crippen molar-refractivity contribution in [1.29, 1.82) is 0 Å². The van der Waals surface area contributed by atoms with E-state index < -0.39 is 0 Å². The summed E-state index contributed by atoms with van der Waals surface area (Å²) in [6.07, 6.45) is 2.41. The molecule has 1 unspecified atom stereocenters. The molecule has 0 rings (SSSR count). The first kappa shape index (κ1) is 9.63. The monoisotopic (exact) mass is 143 g/mol. The summed E-state index contributed by atoms with van der Waals surface area (Å²) >= 11 is 0. The first-order chi connectivity index (χ1) is 4.66. The maximum absolute atomic E-state index is 9.93. The zero-order chi connectivity index (χ0) is 7.98. The Kier molecular flexibility index (Phi) is 5.22. The third-order valence-corrected chi connectivity index (χ3v) is 1.23. The maximum Gasteiger partial charge on any atom is 0.229 e. The average molecular weight is 143 g/mol. The van der Waals surface area contributed by atoms with E-state index in [9.17, 15) is 4.79 Å².